The number of aryl methyl sites for hydroxylation is 1. The quantitative estimate of drug-likeness (QED) is 0.641. The van der Waals surface area contributed by atoms with Crippen molar-refractivity contribution in [3.05, 3.63) is 35.5 Å². The van der Waals surface area contributed by atoms with Gasteiger partial charge < -0.3 is 24.6 Å². The Hall–Kier alpha value is -2.95. The number of fused-ring (bicyclic) bond motifs is 1. The molecule has 1 unspecified atom stereocenters. The van der Waals surface area contributed by atoms with Crippen LogP contribution in [-0.4, -0.2) is 118 Å². The third-order valence-corrected chi connectivity index (χ3v) is 6.78. The fraction of sp³-hybridized carbons (Fsp3) is 0.522. The van der Waals surface area contributed by atoms with Gasteiger partial charge in [-0.2, -0.15) is 0 Å². The first-order valence-corrected chi connectivity index (χ1v) is 11.2. The molecule has 2 aliphatic rings. The molecule has 3 heterocycles. The SMILES string of the molecule is CN1CCN(C(=O)CN2CCN(C(C(=O)O)c3cn(C)c4ccc(C(=O)O)cc34)CC2)CC1. The molecule has 4 rings (SSSR count). The molecule has 2 aliphatic heterocycles. The smallest absolute Gasteiger partial charge is 0.335 e. The number of aromatic carboxylic acids is 1. The minimum absolute atomic E-state index is 0.126. The van der Waals surface area contributed by atoms with Crippen molar-refractivity contribution in [3.63, 3.8) is 0 Å². The lowest BCUT2D eigenvalue weighted by Crippen LogP contribution is -2.54. The molecular weight excluding hydrogens is 426 g/mol. The molecule has 0 aliphatic carbocycles. The molecular formula is C23H31N5O5. The topological polar surface area (TPSA) is 110 Å². The van der Waals surface area contributed by atoms with E-state index in [2.05, 4.69) is 16.8 Å². The van der Waals surface area contributed by atoms with Crippen LogP contribution in [0.3, 0.4) is 0 Å². The van der Waals surface area contributed by atoms with E-state index in [4.69, 9.17) is 0 Å². The molecule has 0 bridgehead atoms. The number of carboxylic acids is 2. The Balaban J connectivity index is 1.46. The zero-order chi connectivity index (χ0) is 23.7. The maximum atomic E-state index is 12.7. The zero-order valence-electron chi connectivity index (χ0n) is 19.1. The monoisotopic (exact) mass is 457 g/mol. The number of carbonyl (C=O) groups is 3. The van der Waals surface area contributed by atoms with Gasteiger partial charge in [0.15, 0.2) is 0 Å². The number of benzene rings is 1. The second-order valence-electron chi connectivity index (χ2n) is 8.97. The molecule has 10 heteroatoms. The molecule has 2 aromatic rings. The second kappa shape index (κ2) is 9.50. The summed E-state index contributed by atoms with van der Waals surface area (Å²) in [5.74, 6) is -1.89. The van der Waals surface area contributed by atoms with Crippen molar-refractivity contribution in [2.24, 2.45) is 7.05 Å². The van der Waals surface area contributed by atoms with Gasteiger partial charge in [-0.15, -0.1) is 0 Å². The van der Waals surface area contributed by atoms with Crippen LogP contribution in [0.4, 0.5) is 0 Å². The maximum absolute atomic E-state index is 12.7. The molecule has 10 nitrogen and oxygen atoms in total. The van der Waals surface area contributed by atoms with Gasteiger partial charge in [0.05, 0.1) is 12.1 Å². The van der Waals surface area contributed by atoms with Gasteiger partial charge in [0, 0.05) is 82.1 Å². The first kappa shape index (κ1) is 23.2. The minimum Gasteiger partial charge on any atom is -0.480 e. The van der Waals surface area contributed by atoms with Crippen molar-refractivity contribution in [1.29, 1.82) is 0 Å². The molecule has 1 amide bonds. The third kappa shape index (κ3) is 4.87. The highest BCUT2D eigenvalue weighted by Crippen LogP contribution is 2.31. The highest BCUT2D eigenvalue weighted by molar-refractivity contribution is 5.96. The van der Waals surface area contributed by atoms with Gasteiger partial charge >= 0.3 is 11.9 Å². The predicted octanol–water partition coefficient (Wildman–Crippen LogP) is 0.394. The number of carboxylic acid groups (broad SMARTS) is 2. The number of aliphatic carboxylic acids is 1. The van der Waals surface area contributed by atoms with Gasteiger partial charge in [0.2, 0.25) is 5.91 Å². The van der Waals surface area contributed by atoms with E-state index >= 15 is 0 Å². The Morgan fingerprint density at radius 2 is 1.61 bits per heavy atom. The van der Waals surface area contributed by atoms with E-state index in [0.29, 0.717) is 43.7 Å². The second-order valence-corrected chi connectivity index (χ2v) is 8.97. The Morgan fingerprint density at radius 1 is 0.939 bits per heavy atom. The van der Waals surface area contributed by atoms with E-state index < -0.39 is 18.0 Å². The van der Waals surface area contributed by atoms with Crippen molar-refractivity contribution in [2.75, 3.05) is 66.0 Å². The van der Waals surface area contributed by atoms with Crippen LogP contribution in [0.15, 0.2) is 24.4 Å². The molecule has 33 heavy (non-hydrogen) atoms. The van der Waals surface area contributed by atoms with Crippen molar-refractivity contribution in [3.8, 4) is 0 Å². The number of hydrogen-bond donors (Lipinski definition) is 2. The summed E-state index contributed by atoms with van der Waals surface area (Å²) >= 11 is 0. The number of amides is 1. The van der Waals surface area contributed by atoms with E-state index in [1.165, 1.54) is 6.07 Å². The molecule has 2 saturated heterocycles. The maximum Gasteiger partial charge on any atom is 0.335 e. The molecule has 0 radical (unpaired) electrons. The number of piperazine rings is 2. The van der Waals surface area contributed by atoms with Crippen LogP contribution >= 0.6 is 0 Å². The van der Waals surface area contributed by atoms with Gasteiger partial charge in [-0.25, -0.2) is 4.79 Å². The molecule has 0 spiro atoms. The molecule has 2 N–H and O–H groups in total. The van der Waals surface area contributed by atoms with Gasteiger partial charge in [0.1, 0.15) is 6.04 Å². The number of carbonyl (C=O) groups excluding carboxylic acids is 1. The zero-order valence-corrected chi connectivity index (χ0v) is 19.1. The standard InChI is InChI=1S/C23H31N5O5/c1-24-5-9-27(10-6-24)20(29)15-26-7-11-28(12-8-26)21(23(32)33)18-14-25(2)19-4-3-16(22(30)31)13-17(18)19/h3-4,13-14,21H,5-12,15H2,1-2H3,(H,30,31)(H,32,33). The van der Waals surface area contributed by atoms with Crippen LogP contribution in [0.5, 0.6) is 0 Å². The van der Waals surface area contributed by atoms with E-state index in [-0.39, 0.29) is 11.5 Å². The third-order valence-electron chi connectivity index (χ3n) is 6.78. The summed E-state index contributed by atoms with van der Waals surface area (Å²) in [6.07, 6.45) is 1.78. The van der Waals surface area contributed by atoms with Crippen molar-refractivity contribution in [2.45, 2.75) is 6.04 Å². The van der Waals surface area contributed by atoms with Crippen LogP contribution in [0, 0.1) is 0 Å². The average molecular weight is 458 g/mol. The Labute approximate surface area is 192 Å². The summed E-state index contributed by atoms with van der Waals surface area (Å²) < 4.78 is 1.83. The summed E-state index contributed by atoms with van der Waals surface area (Å²) in [5.41, 5.74) is 1.51. The van der Waals surface area contributed by atoms with Crippen LogP contribution < -0.4 is 0 Å². The molecule has 1 aromatic heterocycles. The number of hydrogen-bond acceptors (Lipinski definition) is 6. The molecule has 0 saturated carbocycles. The first-order chi connectivity index (χ1) is 15.7. The lowest BCUT2D eigenvalue weighted by atomic mass is 10.0. The Morgan fingerprint density at radius 3 is 2.21 bits per heavy atom. The number of nitrogens with zero attached hydrogens (tertiary/aromatic N) is 5. The Bertz CT molecular complexity index is 1050. The summed E-state index contributed by atoms with van der Waals surface area (Å²) in [4.78, 5) is 44.5. The average Bonchev–Trinajstić information content (AvgIpc) is 3.10. The van der Waals surface area contributed by atoms with E-state index in [1.54, 1.807) is 18.3 Å². The van der Waals surface area contributed by atoms with Gasteiger partial charge in [0.25, 0.3) is 0 Å². The van der Waals surface area contributed by atoms with Gasteiger partial charge in [-0.1, -0.05) is 0 Å². The summed E-state index contributed by atoms with van der Waals surface area (Å²) in [7, 11) is 3.88. The van der Waals surface area contributed by atoms with E-state index in [0.717, 1.165) is 31.7 Å². The van der Waals surface area contributed by atoms with Crippen LogP contribution in [0.25, 0.3) is 10.9 Å². The van der Waals surface area contributed by atoms with Crippen LogP contribution in [0.1, 0.15) is 22.0 Å². The predicted molar refractivity (Wildman–Crippen MR) is 122 cm³/mol. The van der Waals surface area contributed by atoms with Crippen molar-refractivity contribution >= 4 is 28.7 Å². The van der Waals surface area contributed by atoms with Crippen molar-refractivity contribution < 1.29 is 24.6 Å². The summed E-state index contributed by atoms with van der Waals surface area (Å²) in [6, 6.07) is 3.91. The fourth-order valence-electron chi connectivity index (χ4n) is 4.79. The number of rotatable bonds is 6. The van der Waals surface area contributed by atoms with Gasteiger partial charge in [-0.3, -0.25) is 19.4 Å². The molecule has 1 atom stereocenters. The lowest BCUT2D eigenvalue weighted by molar-refractivity contribution is -0.145. The Kier molecular flexibility index (Phi) is 6.68. The van der Waals surface area contributed by atoms with E-state index in [1.807, 2.05) is 21.4 Å². The minimum atomic E-state index is -1.04. The van der Waals surface area contributed by atoms with Gasteiger partial charge in [-0.05, 0) is 25.2 Å². The summed E-state index contributed by atoms with van der Waals surface area (Å²) in [5, 5.41) is 20.1. The number of likely N-dealkylation sites (N-methyl/N-ethyl adjacent to an activating group) is 1. The molecule has 178 valence electrons. The molecule has 2 fully saturated rings. The van der Waals surface area contributed by atoms with Crippen LogP contribution in [-0.2, 0) is 16.6 Å². The van der Waals surface area contributed by atoms with Crippen LogP contribution in [0.2, 0.25) is 0 Å². The lowest BCUT2D eigenvalue weighted by Gasteiger charge is -2.39. The summed E-state index contributed by atoms with van der Waals surface area (Å²) in [6.45, 7) is 5.85. The number of aromatic nitrogens is 1. The van der Waals surface area contributed by atoms with Crippen molar-refractivity contribution in [1.82, 2.24) is 24.2 Å². The molecule has 1 aromatic carbocycles. The highest BCUT2D eigenvalue weighted by atomic mass is 16.4. The fourth-order valence-corrected chi connectivity index (χ4v) is 4.79. The first-order valence-electron chi connectivity index (χ1n) is 11.2. The highest BCUT2D eigenvalue weighted by Gasteiger charge is 2.33. The normalized spacial score (nSPS) is 19.6. The van der Waals surface area contributed by atoms with E-state index in [9.17, 15) is 24.6 Å². The largest absolute Gasteiger partial charge is 0.480 e.